The SMILES string of the molecule is O=C(c1cccc(Cl)c1)N1CCN(C(=O)c2cnc3ccccn3c2=O)CC1. The molecule has 1 saturated heterocycles. The van der Waals surface area contributed by atoms with Gasteiger partial charge < -0.3 is 9.80 Å². The number of pyridine rings is 1. The molecule has 0 radical (unpaired) electrons. The number of benzene rings is 1. The lowest BCUT2D eigenvalue weighted by Crippen LogP contribution is -2.51. The molecule has 3 heterocycles. The third-order valence-corrected chi connectivity index (χ3v) is 5.00. The summed E-state index contributed by atoms with van der Waals surface area (Å²) >= 11 is 5.96. The minimum absolute atomic E-state index is 0.0262. The molecule has 0 N–H and O–H groups in total. The number of carbonyl (C=O) groups excluding carboxylic acids is 2. The smallest absolute Gasteiger partial charge is 0.270 e. The fourth-order valence-electron chi connectivity index (χ4n) is 3.26. The van der Waals surface area contributed by atoms with E-state index in [0.29, 0.717) is 42.4 Å². The molecule has 0 bridgehead atoms. The molecule has 0 saturated carbocycles. The number of amides is 2. The van der Waals surface area contributed by atoms with E-state index < -0.39 is 5.56 Å². The average Bonchev–Trinajstić information content (AvgIpc) is 2.73. The minimum Gasteiger partial charge on any atom is -0.335 e. The summed E-state index contributed by atoms with van der Waals surface area (Å²) in [5.41, 5.74) is 0.636. The second kappa shape index (κ2) is 7.44. The minimum atomic E-state index is -0.395. The van der Waals surface area contributed by atoms with Gasteiger partial charge in [0.25, 0.3) is 17.4 Å². The van der Waals surface area contributed by atoms with Gasteiger partial charge in [-0.15, -0.1) is 0 Å². The highest BCUT2D eigenvalue weighted by Gasteiger charge is 2.27. The van der Waals surface area contributed by atoms with Gasteiger partial charge in [-0.25, -0.2) is 4.98 Å². The number of piperazine rings is 1. The first-order chi connectivity index (χ1) is 13.5. The molecule has 7 nitrogen and oxygen atoms in total. The van der Waals surface area contributed by atoms with Crippen LogP contribution in [0.5, 0.6) is 0 Å². The van der Waals surface area contributed by atoms with Crippen LogP contribution in [0.4, 0.5) is 0 Å². The van der Waals surface area contributed by atoms with Crippen LogP contribution in [0.25, 0.3) is 5.65 Å². The first-order valence-corrected chi connectivity index (χ1v) is 9.23. The Labute approximate surface area is 165 Å². The highest BCUT2D eigenvalue weighted by atomic mass is 35.5. The molecule has 3 aromatic rings. The van der Waals surface area contributed by atoms with Crippen molar-refractivity contribution in [1.82, 2.24) is 19.2 Å². The van der Waals surface area contributed by atoms with Crippen molar-refractivity contribution in [3.05, 3.63) is 81.4 Å². The molecule has 1 aliphatic heterocycles. The lowest BCUT2D eigenvalue weighted by molar-refractivity contribution is 0.0534. The van der Waals surface area contributed by atoms with E-state index in [9.17, 15) is 14.4 Å². The number of rotatable bonds is 2. The maximum atomic E-state index is 12.8. The van der Waals surface area contributed by atoms with Crippen LogP contribution in [0.15, 0.2) is 59.7 Å². The molecule has 28 heavy (non-hydrogen) atoms. The topological polar surface area (TPSA) is 75.0 Å². The Balaban J connectivity index is 1.48. The first-order valence-electron chi connectivity index (χ1n) is 8.85. The standard InChI is InChI=1S/C20H17ClN4O3/c21-15-5-3-4-14(12-15)18(26)23-8-10-24(11-9-23)19(27)16-13-22-17-6-1-2-7-25(17)20(16)28/h1-7,12-13H,8-11H2. The second-order valence-electron chi connectivity index (χ2n) is 6.50. The first kappa shape index (κ1) is 18.2. The van der Waals surface area contributed by atoms with Crippen LogP contribution >= 0.6 is 11.6 Å². The number of aromatic nitrogens is 2. The number of hydrogen-bond donors (Lipinski definition) is 0. The van der Waals surface area contributed by atoms with Crippen molar-refractivity contribution in [3.8, 4) is 0 Å². The van der Waals surface area contributed by atoms with Crippen LogP contribution in [0.1, 0.15) is 20.7 Å². The summed E-state index contributed by atoms with van der Waals surface area (Å²) in [6.07, 6.45) is 2.91. The Kier molecular flexibility index (Phi) is 4.83. The maximum Gasteiger partial charge on any atom is 0.270 e. The zero-order valence-corrected chi connectivity index (χ0v) is 15.7. The Hall–Kier alpha value is -3.19. The van der Waals surface area contributed by atoms with E-state index in [-0.39, 0.29) is 17.4 Å². The lowest BCUT2D eigenvalue weighted by Gasteiger charge is -2.34. The van der Waals surface area contributed by atoms with Gasteiger partial charge in [-0.2, -0.15) is 0 Å². The zero-order valence-electron chi connectivity index (χ0n) is 14.9. The number of nitrogens with zero attached hydrogens (tertiary/aromatic N) is 4. The van der Waals surface area contributed by atoms with E-state index in [1.54, 1.807) is 58.5 Å². The summed E-state index contributed by atoms with van der Waals surface area (Å²) in [7, 11) is 0. The molecule has 1 aliphatic rings. The summed E-state index contributed by atoms with van der Waals surface area (Å²) in [4.78, 5) is 45.5. The largest absolute Gasteiger partial charge is 0.335 e. The third-order valence-electron chi connectivity index (χ3n) is 4.77. The van der Waals surface area contributed by atoms with Crippen LogP contribution in [0.2, 0.25) is 5.02 Å². The molecule has 0 unspecified atom stereocenters. The van der Waals surface area contributed by atoms with Gasteiger partial charge in [0.05, 0.1) is 0 Å². The van der Waals surface area contributed by atoms with Crippen molar-refractivity contribution in [2.24, 2.45) is 0 Å². The van der Waals surface area contributed by atoms with Crippen molar-refractivity contribution >= 4 is 29.1 Å². The van der Waals surface area contributed by atoms with Gasteiger partial charge in [0.15, 0.2) is 0 Å². The van der Waals surface area contributed by atoms with Crippen LogP contribution in [-0.4, -0.2) is 57.2 Å². The van der Waals surface area contributed by atoms with E-state index in [1.165, 1.54) is 10.6 Å². The van der Waals surface area contributed by atoms with E-state index >= 15 is 0 Å². The third kappa shape index (κ3) is 3.36. The Morgan fingerprint density at radius 3 is 2.36 bits per heavy atom. The van der Waals surface area contributed by atoms with Crippen LogP contribution in [0.3, 0.4) is 0 Å². The van der Waals surface area contributed by atoms with Gasteiger partial charge in [0.2, 0.25) is 0 Å². The molecule has 1 fully saturated rings. The maximum absolute atomic E-state index is 12.8. The fourth-order valence-corrected chi connectivity index (χ4v) is 3.45. The molecule has 2 aromatic heterocycles. The molecule has 0 aliphatic carbocycles. The highest BCUT2D eigenvalue weighted by molar-refractivity contribution is 6.30. The molecule has 0 atom stereocenters. The fraction of sp³-hybridized carbons (Fsp3) is 0.200. The Bertz CT molecular complexity index is 1120. The van der Waals surface area contributed by atoms with E-state index in [4.69, 9.17) is 11.6 Å². The van der Waals surface area contributed by atoms with Crippen molar-refractivity contribution < 1.29 is 9.59 Å². The van der Waals surface area contributed by atoms with Crippen LogP contribution < -0.4 is 5.56 Å². The molecule has 1 aromatic carbocycles. The summed E-state index contributed by atoms with van der Waals surface area (Å²) in [5, 5.41) is 0.504. The molecule has 0 spiro atoms. The summed E-state index contributed by atoms with van der Waals surface area (Å²) in [6.45, 7) is 1.48. The lowest BCUT2D eigenvalue weighted by atomic mass is 10.1. The van der Waals surface area contributed by atoms with Gasteiger partial charge >= 0.3 is 0 Å². The summed E-state index contributed by atoms with van der Waals surface area (Å²) in [6, 6.07) is 12.0. The zero-order chi connectivity index (χ0) is 19.7. The summed E-state index contributed by atoms with van der Waals surface area (Å²) in [5.74, 6) is -0.493. The van der Waals surface area contributed by atoms with E-state index in [1.807, 2.05) is 0 Å². The predicted octanol–water partition coefficient (Wildman–Crippen LogP) is 1.95. The number of carbonyl (C=O) groups is 2. The van der Waals surface area contributed by atoms with Crippen LogP contribution in [-0.2, 0) is 0 Å². The van der Waals surface area contributed by atoms with Crippen molar-refractivity contribution in [2.75, 3.05) is 26.2 Å². The van der Waals surface area contributed by atoms with Crippen molar-refractivity contribution in [3.63, 3.8) is 0 Å². The average molecular weight is 397 g/mol. The molecule has 2 amide bonds. The number of halogens is 1. The monoisotopic (exact) mass is 396 g/mol. The predicted molar refractivity (Wildman–Crippen MR) is 105 cm³/mol. The van der Waals surface area contributed by atoms with Crippen molar-refractivity contribution in [2.45, 2.75) is 0 Å². The molecule has 4 rings (SSSR count). The molecular formula is C20H17ClN4O3. The van der Waals surface area contributed by atoms with E-state index in [0.717, 1.165) is 0 Å². The molecule has 142 valence electrons. The van der Waals surface area contributed by atoms with Crippen LogP contribution in [0, 0.1) is 0 Å². The molecule has 8 heteroatoms. The highest BCUT2D eigenvalue weighted by Crippen LogP contribution is 2.15. The van der Waals surface area contributed by atoms with E-state index in [2.05, 4.69) is 4.98 Å². The van der Waals surface area contributed by atoms with Gasteiger partial charge in [-0.3, -0.25) is 18.8 Å². The Morgan fingerprint density at radius 2 is 1.64 bits per heavy atom. The molecular weight excluding hydrogens is 380 g/mol. The summed E-state index contributed by atoms with van der Waals surface area (Å²) < 4.78 is 1.35. The Morgan fingerprint density at radius 1 is 0.929 bits per heavy atom. The number of hydrogen-bond acceptors (Lipinski definition) is 4. The van der Waals surface area contributed by atoms with Gasteiger partial charge in [0, 0.05) is 49.2 Å². The number of fused-ring (bicyclic) bond motifs is 1. The normalized spacial score (nSPS) is 14.3. The van der Waals surface area contributed by atoms with Gasteiger partial charge in [-0.05, 0) is 30.3 Å². The van der Waals surface area contributed by atoms with Gasteiger partial charge in [-0.1, -0.05) is 23.7 Å². The second-order valence-corrected chi connectivity index (χ2v) is 6.94. The van der Waals surface area contributed by atoms with Gasteiger partial charge in [0.1, 0.15) is 11.2 Å². The van der Waals surface area contributed by atoms with Crippen molar-refractivity contribution in [1.29, 1.82) is 0 Å². The quantitative estimate of drug-likeness (QED) is 0.663.